The summed E-state index contributed by atoms with van der Waals surface area (Å²) in [4.78, 5) is 10.7. The van der Waals surface area contributed by atoms with E-state index < -0.39 is 24.0 Å². The van der Waals surface area contributed by atoms with Gasteiger partial charge >= 0.3 is 0 Å². The molecule has 0 unspecified atom stereocenters. The average molecular weight is 221 g/mol. The van der Waals surface area contributed by atoms with E-state index in [9.17, 15) is 13.6 Å². The fourth-order valence-electron chi connectivity index (χ4n) is 1.65. The molecular formula is C12H9F2NO. The number of carbonyl (C=O) groups is 1. The zero-order valence-corrected chi connectivity index (χ0v) is 8.34. The average Bonchev–Trinajstić information content (AvgIpc) is 2.24. The second-order valence-corrected chi connectivity index (χ2v) is 3.52. The lowest BCUT2D eigenvalue weighted by Crippen LogP contribution is -2.16. The molecule has 0 aromatic heterocycles. The third kappa shape index (κ3) is 1.74. The molecule has 0 bridgehead atoms. The van der Waals surface area contributed by atoms with Gasteiger partial charge in [0.25, 0.3) is 0 Å². The first-order valence-electron chi connectivity index (χ1n) is 4.73. The lowest BCUT2D eigenvalue weighted by Gasteiger charge is -2.06. The van der Waals surface area contributed by atoms with Gasteiger partial charge in [0.05, 0.1) is 6.42 Å². The predicted molar refractivity (Wildman–Crippen MR) is 56.8 cm³/mol. The number of primary amides is 1. The topological polar surface area (TPSA) is 43.1 Å². The van der Waals surface area contributed by atoms with Crippen molar-refractivity contribution in [2.45, 2.75) is 6.42 Å². The summed E-state index contributed by atoms with van der Waals surface area (Å²) in [7, 11) is 0. The molecule has 1 amide bonds. The Morgan fingerprint density at radius 3 is 2.62 bits per heavy atom. The molecule has 0 atom stereocenters. The predicted octanol–water partition coefficient (Wildman–Crippen LogP) is 2.15. The highest BCUT2D eigenvalue weighted by molar-refractivity contribution is 5.86. The van der Waals surface area contributed by atoms with Crippen molar-refractivity contribution >= 4 is 16.7 Å². The van der Waals surface area contributed by atoms with Gasteiger partial charge in [-0.1, -0.05) is 24.3 Å². The standard InChI is InChI=1S/C12H9F2NO/c13-10-5-7-3-1-2-4-8(7)12(14)9(10)6-11(15)16/h1-5H,6H2,(H2,15,16). The lowest BCUT2D eigenvalue weighted by molar-refractivity contribution is -0.117. The number of hydrogen-bond acceptors (Lipinski definition) is 1. The van der Waals surface area contributed by atoms with E-state index in [1.165, 1.54) is 12.1 Å². The van der Waals surface area contributed by atoms with Crippen LogP contribution in [0.25, 0.3) is 10.8 Å². The van der Waals surface area contributed by atoms with E-state index in [0.29, 0.717) is 10.8 Å². The van der Waals surface area contributed by atoms with E-state index in [2.05, 4.69) is 0 Å². The van der Waals surface area contributed by atoms with Crippen LogP contribution in [-0.4, -0.2) is 5.91 Å². The Hall–Kier alpha value is -1.97. The molecule has 2 aromatic carbocycles. The molecule has 16 heavy (non-hydrogen) atoms. The van der Waals surface area contributed by atoms with Crippen LogP contribution in [0.15, 0.2) is 30.3 Å². The fourth-order valence-corrected chi connectivity index (χ4v) is 1.65. The smallest absolute Gasteiger partial charge is 0.222 e. The van der Waals surface area contributed by atoms with Gasteiger partial charge in [-0.05, 0) is 11.5 Å². The third-order valence-corrected chi connectivity index (χ3v) is 2.38. The molecular weight excluding hydrogens is 212 g/mol. The summed E-state index contributed by atoms with van der Waals surface area (Å²) in [5.74, 6) is -2.21. The van der Waals surface area contributed by atoms with Crippen LogP contribution in [0.2, 0.25) is 0 Å². The van der Waals surface area contributed by atoms with Crippen molar-refractivity contribution < 1.29 is 13.6 Å². The van der Waals surface area contributed by atoms with Gasteiger partial charge in [-0.25, -0.2) is 8.78 Å². The summed E-state index contributed by atoms with van der Waals surface area (Å²) < 4.78 is 27.3. The van der Waals surface area contributed by atoms with Crippen LogP contribution in [0.1, 0.15) is 5.56 Å². The molecule has 2 aromatic rings. The molecule has 0 saturated carbocycles. The normalized spacial score (nSPS) is 10.6. The summed E-state index contributed by atoms with van der Waals surface area (Å²) in [5, 5.41) is 0.755. The minimum atomic E-state index is -0.756. The summed E-state index contributed by atoms with van der Waals surface area (Å²) >= 11 is 0. The SMILES string of the molecule is NC(=O)Cc1c(F)cc2ccccc2c1F. The number of rotatable bonds is 2. The number of fused-ring (bicyclic) bond motifs is 1. The monoisotopic (exact) mass is 221 g/mol. The van der Waals surface area contributed by atoms with Crippen LogP contribution in [0, 0.1) is 11.6 Å². The lowest BCUT2D eigenvalue weighted by atomic mass is 10.0. The zero-order chi connectivity index (χ0) is 11.7. The molecule has 0 aliphatic carbocycles. The third-order valence-electron chi connectivity index (χ3n) is 2.38. The minimum Gasteiger partial charge on any atom is -0.369 e. The second kappa shape index (κ2) is 3.89. The van der Waals surface area contributed by atoms with Gasteiger partial charge in [-0.2, -0.15) is 0 Å². The molecule has 2 rings (SSSR count). The molecule has 0 saturated heterocycles. The van der Waals surface area contributed by atoms with Crippen LogP contribution < -0.4 is 5.73 Å². The van der Waals surface area contributed by atoms with Gasteiger partial charge in [0.1, 0.15) is 11.6 Å². The Labute approximate surface area is 90.7 Å². The van der Waals surface area contributed by atoms with Crippen LogP contribution in [-0.2, 0) is 11.2 Å². The van der Waals surface area contributed by atoms with E-state index in [0.717, 1.165) is 0 Å². The van der Waals surface area contributed by atoms with Crippen molar-refractivity contribution in [3.8, 4) is 0 Å². The molecule has 0 heterocycles. The molecule has 0 radical (unpaired) electrons. The number of carbonyl (C=O) groups excluding carboxylic acids is 1. The number of hydrogen-bond donors (Lipinski definition) is 1. The highest BCUT2D eigenvalue weighted by Crippen LogP contribution is 2.24. The van der Waals surface area contributed by atoms with E-state index >= 15 is 0 Å². The maximum atomic E-state index is 13.8. The Kier molecular flexibility index (Phi) is 2.56. The van der Waals surface area contributed by atoms with Crippen molar-refractivity contribution in [2.75, 3.05) is 0 Å². The van der Waals surface area contributed by atoms with Crippen molar-refractivity contribution in [3.05, 3.63) is 47.5 Å². The van der Waals surface area contributed by atoms with Crippen LogP contribution in [0.3, 0.4) is 0 Å². The number of amides is 1. The van der Waals surface area contributed by atoms with Crippen LogP contribution >= 0.6 is 0 Å². The molecule has 2 N–H and O–H groups in total. The zero-order valence-electron chi connectivity index (χ0n) is 8.34. The van der Waals surface area contributed by atoms with Crippen molar-refractivity contribution in [1.29, 1.82) is 0 Å². The largest absolute Gasteiger partial charge is 0.369 e. The molecule has 82 valence electrons. The Morgan fingerprint density at radius 2 is 1.94 bits per heavy atom. The maximum Gasteiger partial charge on any atom is 0.222 e. The van der Waals surface area contributed by atoms with E-state index in [1.807, 2.05) is 0 Å². The highest BCUT2D eigenvalue weighted by Gasteiger charge is 2.14. The van der Waals surface area contributed by atoms with Gasteiger partial charge in [0, 0.05) is 10.9 Å². The molecule has 0 aliphatic heterocycles. The Morgan fingerprint density at radius 1 is 1.25 bits per heavy atom. The summed E-state index contributed by atoms with van der Waals surface area (Å²) in [5.41, 5.74) is 4.66. The molecule has 4 heteroatoms. The van der Waals surface area contributed by atoms with Gasteiger partial charge in [0.15, 0.2) is 0 Å². The first-order chi connectivity index (χ1) is 7.59. The fraction of sp³-hybridized carbons (Fsp3) is 0.0833. The van der Waals surface area contributed by atoms with Gasteiger partial charge < -0.3 is 5.73 Å². The van der Waals surface area contributed by atoms with E-state index in [4.69, 9.17) is 5.73 Å². The number of nitrogens with two attached hydrogens (primary N) is 1. The first kappa shape index (κ1) is 10.5. The summed E-state index contributed by atoms with van der Waals surface area (Å²) in [6.07, 6.45) is -0.428. The van der Waals surface area contributed by atoms with Crippen molar-refractivity contribution in [3.63, 3.8) is 0 Å². The quantitative estimate of drug-likeness (QED) is 0.829. The highest BCUT2D eigenvalue weighted by atomic mass is 19.1. The molecule has 0 aliphatic rings. The summed E-state index contributed by atoms with van der Waals surface area (Å²) in [6, 6.07) is 7.69. The minimum absolute atomic E-state index is 0.272. The molecule has 0 fully saturated rings. The van der Waals surface area contributed by atoms with Gasteiger partial charge in [-0.15, -0.1) is 0 Å². The maximum absolute atomic E-state index is 13.8. The Balaban J connectivity index is 2.70. The van der Waals surface area contributed by atoms with Gasteiger partial charge in [0.2, 0.25) is 5.91 Å². The molecule has 2 nitrogen and oxygen atoms in total. The first-order valence-corrected chi connectivity index (χ1v) is 4.73. The Bertz CT molecular complexity index is 566. The second-order valence-electron chi connectivity index (χ2n) is 3.52. The van der Waals surface area contributed by atoms with E-state index in [1.54, 1.807) is 18.2 Å². The van der Waals surface area contributed by atoms with Gasteiger partial charge in [-0.3, -0.25) is 4.79 Å². The van der Waals surface area contributed by atoms with Crippen molar-refractivity contribution in [2.24, 2.45) is 5.73 Å². The van der Waals surface area contributed by atoms with E-state index in [-0.39, 0.29) is 5.56 Å². The van der Waals surface area contributed by atoms with Crippen LogP contribution in [0.5, 0.6) is 0 Å². The molecule has 0 spiro atoms. The van der Waals surface area contributed by atoms with Crippen LogP contribution in [0.4, 0.5) is 8.78 Å². The summed E-state index contributed by atoms with van der Waals surface area (Å²) in [6.45, 7) is 0. The number of benzene rings is 2. The van der Waals surface area contributed by atoms with Crippen molar-refractivity contribution in [1.82, 2.24) is 0 Å². The number of halogens is 2.